The van der Waals surface area contributed by atoms with Crippen LogP contribution in [0.2, 0.25) is 0 Å². The molecule has 126 valence electrons. The molecule has 1 aromatic carbocycles. The largest absolute Gasteiger partial charge is 0.485 e. The van der Waals surface area contributed by atoms with Crippen molar-refractivity contribution in [2.24, 2.45) is 0 Å². The van der Waals surface area contributed by atoms with Gasteiger partial charge in [0, 0.05) is 19.1 Å². The van der Waals surface area contributed by atoms with Gasteiger partial charge in [0.15, 0.2) is 17.3 Å². The first kappa shape index (κ1) is 15.2. The van der Waals surface area contributed by atoms with E-state index < -0.39 is 6.10 Å². The van der Waals surface area contributed by atoms with E-state index >= 15 is 0 Å². The van der Waals surface area contributed by atoms with Crippen LogP contribution in [0.25, 0.3) is 0 Å². The number of hydrogen-bond donors (Lipinski definition) is 1. The molecule has 1 fully saturated rings. The summed E-state index contributed by atoms with van der Waals surface area (Å²) in [6.07, 6.45) is 2.95. The zero-order valence-corrected chi connectivity index (χ0v) is 13.9. The minimum Gasteiger partial charge on any atom is -0.485 e. The van der Waals surface area contributed by atoms with Gasteiger partial charge in [-0.3, -0.25) is 4.79 Å². The highest BCUT2D eigenvalue weighted by atomic mass is 32.1. The fraction of sp³-hybridized carbons (Fsp3) is 0.438. The smallest absolute Gasteiger partial charge is 0.264 e. The van der Waals surface area contributed by atoms with Gasteiger partial charge >= 0.3 is 0 Å². The maximum Gasteiger partial charge on any atom is 0.264 e. The average molecular weight is 346 g/mol. The minimum atomic E-state index is -0.597. The van der Waals surface area contributed by atoms with Crippen molar-refractivity contribution in [1.82, 2.24) is 14.1 Å². The molecule has 0 radical (unpaired) electrons. The van der Waals surface area contributed by atoms with Crippen LogP contribution in [0.15, 0.2) is 30.5 Å². The molecule has 0 bridgehead atoms. The molecule has 3 heterocycles. The lowest BCUT2D eigenvalue weighted by Crippen LogP contribution is -2.51. The second-order valence-electron chi connectivity index (χ2n) is 5.90. The normalized spacial score (nSPS) is 20.7. The van der Waals surface area contributed by atoms with Crippen LogP contribution in [0, 0.1) is 0 Å². The minimum absolute atomic E-state index is 0.113. The van der Waals surface area contributed by atoms with Crippen LogP contribution in [0.1, 0.15) is 12.8 Å². The molecule has 1 saturated heterocycles. The molecule has 0 aliphatic carbocycles. The molecule has 1 amide bonds. The summed E-state index contributed by atoms with van der Waals surface area (Å²) >= 11 is 1.22. The monoisotopic (exact) mass is 346 g/mol. The van der Waals surface area contributed by atoms with Gasteiger partial charge < -0.3 is 19.7 Å². The molecule has 8 heteroatoms. The summed E-state index contributed by atoms with van der Waals surface area (Å²) in [4.78, 5) is 14.6. The van der Waals surface area contributed by atoms with Gasteiger partial charge in [-0.1, -0.05) is 12.1 Å². The summed E-state index contributed by atoms with van der Waals surface area (Å²) < 4.78 is 19.6. The molecule has 0 saturated carbocycles. The number of ether oxygens (including phenoxy) is 2. The Kier molecular flexibility index (Phi) is 4.20. The first-order valence-electron chi connectivity index (χ1n) is 8.01. The summed E-state index contributed by atoms with van der Waals surface area (Å²) in [6, 6.07) is 7.56. The Hall–Kier alpha value is -2.35. The van der Waals surface area contributed by atoms with E-state index in [1.54, 1.807) is 6.20 Å². The number of aromatic nitrogens is 2. The molecule has 2 aliphatic rings. The average Bonchev–Trinajstić information content (AvgIpc) is 3.16. The van der Waals surface area contributed by atoms with Crippen LogP contribution < -0.4 is 19.7 Å². The predicted molar refractivity (Wildman–Crippen MR) is 89.6 cm³/mol. The molecule has 1 atom stereocenters. The van der Waals surface area contributed by atoms with E-state index in [-0.39, 0.29) is 18.6 Å². The standard InChI is InChI=1S/C16H18N4O3S/c21-16(14-10-22-12-3-1-2-4-13(12)23-14)18-11-5-7-20(8-6-11)15-9-17-24-19-15/h1-4,9,11,14H,5-8,10H2,(H,18,21). The summed E-state index contributed by atoms with van der Waals surface area (Å²) in [6.45, 7) is 1.97. The molecule has 0 spiro atoms. The van der Waals surface area contributed by atoms with Gasteiger partial charge in [0.2, 0.25) is 6.10 Å². The zero-order valence-electron chi connectivity index (χ0n) is 13.1. The molecule has 1 aromatic heterocycles. The first-order valence-corrected chi connectivity index (χ1v) is 8.74. The maximum atomic E-state index is 12.4. The van der Waals surface area contributed by atoms with Crippen LogP contribution in [-0.2, 0) is 4.79 Å². The number of fused-ring (bicyclic) bond motifs is 1. The molecule has 4 rings (SSSR count). The second-order valence-corrected chi connectivity index (χ2v) is 6.46. The number of anilines is 1. The van der Waals surface area contributed by atoms with Crippen molar-refractivity contribution in [2.45, 2.75) is 25.0 Å². The number of benzene rings is 1. The topological polar surface area (TPSA) is 76.6 Å². The summed E-state index contributed by atoms with van der Waals surface area (Å²) in [7, 11) is 0. The Morgan fingerprint density at radius 2 is 2.04 bits per heavy atom. The SMILES string of the molecule is O=C(NC1CCN(c2cnsn2)CC1)C1COc2ccccc2O1. The zero-order chi connectivity index (χ0) is 16.4. The Morgan fingerprint density at radius 3 is 2.79 bits per heavy atom. The molecule has 1 N–H and O–H groups in total. The third-order valence-corrected chi connectivity index (χ3v) is 4.78. The first-order chi connectivity index (χ1) is 11.8. The van der Waals surface area contributed by atoms with Crippen molar-refractivity contribution >= 4 is 23.5 Å². The van der Waals surface area contributed by atoms with E-state index in [9.17, 15) is 4.79 Å². The lowest BCUT2D eigenvalue weighted by atomic mass is 10.0. The molecule has 24 heavy (non-hydrogen) atoms. The second kappa shape index (κ2) is 6.64. The van der Waals surface area contributed by atoms with Gasteiger partial charge in [0.05, 0.1) is 17.9 Å². The Labute approximate surface area is 143 Å². The highest BCUT2D eigenvalue weighted by molar-refractivity contribution is 6.99. The number of para-hydroxylation sites is 2. The van der Waals surface area contributed by atoms with Crippen molar-refractivity contribution in [3.8, 4) is 11.5 Å². The van der Waals surface area contributed by atoms with Gasteiger partial charge in [-0.15, -0.1) is 0 Å². The molecular weight excluding hydrogens is 328 g/mol. The van der Waals surface area contributed by atoms with Gasteiger partial charge in [-0.25, -0.2) is 0 Å². The van der Waals surface area contributed by atoms with Crippen LogP contribution in [0.5, 0.6) is 11.5 Å². The number of nitrogens with zero attached hydrogens (tertiary/aromatic N) is 3. The highest BCUT2D eigenvalue weighted by Crippen LogP contribution is 2.31. The quantitative estimate of drug-likeness (QED) is 0.907. The molecule has 2 aliphatic heterocycles. The number of amides is 1. The van der Waals surface area contributed by atoms with Crippen molar-refractivity contribution in [3.05, 3.63) is 30.5 Å². The Bertz CT molecular complexity index is 701. The number of carbonyl (C=O) groups excluding carboxylic acids is 1. The van der Waals surface area contributed by atoms with E-state index in [2.05, 4.69) is 19.0 Å². The summed E-state index contributed by atoms with van der Waals surface area (Å²) in [5.41, 5.74) is 0. The van der Waals surface area contributed by atoms with Crippen molar-refractivity contribution < 1.29 is 14.3 Å². The molecule has 1 unspecified atom stereocenters. The summed E-state index contributed by atoms with van der Waals surface area (Å²) in [5, 5.41) is 3.08. The molecule has 7 nitrogen and oxygen atoms in total. The van der Waals surface area contributed by atoms with Gasteiger partial charge in [-0.05, 0) is 25.0 Å². The van der Waals surface area contributed by atoms with E-state index in [0.717, 1.165) is 31.7 Å². The number of carbonyl (C=O) groups is 1. The Morgan fingerprint density at radius 1 is 1.25 bits per heavy atom. The molecule has 2 aromatic rings. The third kappa shape index (κ3) is 3.14. The highest BCUT2D eigenvalue weighted by Gasteiger charge is 2.30. The third-order valence-electron chi connectivity index (χ3n) is 4.32. The predicted octanol–water partition coefficient (Wildman–Crippen LogP) is 1.46. The Balaban J connectivity index is 1.30. The summed E-state index contributed by atoms with van der Waals surface area (Å²) in [5.74, 6) is 2.12. The van der Waals surface area contributed by atoms with E-state index in [1.807, 2.05) is 24.3 Å². The number of hydrogen-bond acceptors (Lipinski definition) is 7. The lowest BCUT2D eigenvalue weighted by Gasteiger charge is -2.33. The van der Waals surface area contributed by atoms with Crippen LogP contribution >= 0.6 is 11.7 Å². The van der Waals surface area contributed by atoms with Crippen molar-refractivity contribution in [2.75, 3.05) is 24.6 Å². The van der Waals surface area contributed by atoms with E-state index in [1.165, 1.54) is 11.7 Å². The van der Waals surface area contributed by atoms with E-state index in [0.29, 0.717) is 11.5 Å². The number of rotatable bonds is 3. The maximum absolute atomic E-state index is 12.4. The van der Waals surface area contributed by atoms with E-state index in [4.69, 9.17) is 9.47 Å². The fourth-order valence-corrected chi connectivity index (χ4v) is 3.43. The van der Waals surface area contributed by atoms with Crippen LogP contribution in [0.3, 0.4) is 0 Å². The van der Waals surface area contributed by atoms with Crippen LogP contribution in [0.4, 0.5) is 5.82 Å². The van der Waals surface area contributed by atoms with Crippen LogP contribution in [-0.4, -0.2) is 46.5 Å². The number of piperidine rings is 1. The van der Waals surface area contributed by atoms with Crippen molar-refractivity contribution in [3.63, 3.8) is 0 Å². The van der Waals surface area contributed by atoms with Gasteiger partial charge in [0.1, 0.15) is 6.61 Å². The lowest BCUT2D eigenvalue weighted by molar-refractivity contribution is -0.131. The fourth-order valence-electron chi connectivity index (χ4n) is 2.99. The van der Waals surface area contributed by atoms with Gasteiger partial charge in [0.25, 0.3) is 5.91 Å². The van der Waals surface area contributed by atoms with Gasteiger partial charge in [-0.2, -0.15) is 8.75 Å². The number of nitrogens with one attached hydrogen (secondary N) is 1. The molecular formula is C16H18N4O3S. The van der Waals surface area contributed by atoms with Crippen molar-refractivity contribution in [1.29, 1.82) is 0 Å².